The fourth-order valence-corrected chi connectivity index (χ4v) is 1.83. The Morgan fingerprint density at radius 1 is 1.53 bits per heavy atom. The third-order valence-electron chi connectivity index (χ3n) is 2.72. The SMILES string of the molecule is CCCOC(CC1=CC(=BO)CC=C1)C(=O)OCC. The Hall–Kier alpha value is -1.36. The molecule has 0 aromatic carbocycles. The normalized spacial score (nSPS) is 17.8. The average Bonchev–Trinajstić information content (AvgIpc) is 2.43. The van der Waals surface area contributed by atoms with Crippen molar-refractivity contribution in [2.24, 2.45) is 0 Å². The van der Waals surface area contributed by atoms with Crippen molar-refractivity contribution in [3.63, 3.8) is 0 Å². The molecule has 1 atom stereocenters. The van der Waals surface area contributed by atoms with Crippen LogP contribution in [0, 0.1) is 0 Å². The Kier molecular flexibility index (Phi) is 7.19. The molecule has 0 amide bonds. The maximum atomic E-state index is 11.8. The Morgan fingerprint density at radius 3 is 2.95 bits per heavy atom. The summed E-state index contributed by atoms with van der Waals surface area (Å²) in [7, 11) is 1.09. The molecule has 0 spiro atoms. The van der Waals surface area contributed by atoms with E-state index >= 15 is 0 Å². The summed E-state index contributed by atoms with van der Waals surface area (Å²) in [5.41, 5.74) is 1.79. The zero-order valence-corrected chi connectivity index (χ0v) is 11.6. The summed E-state index contributed by atoms with van der Waals surface area (Å²) in [4.78, 5) is 11.8. The average molecular weight is 264 g/mol. The maximum absolute atomic E-state index is 11.8. The third-order valence-corrected chi connectivity index (χ3v) is 2.72. The molecule has 0 fully saturated rings. The van der Waals surface area contributed by atoms with Crippen molar-refractivity contribution in [3.8, 4) is 0 Å². The van der Waals surface area contributed by atoms with Gasteiger partial charge in [-0.2, -0.15) is 0 Å². The Morgan fingerprint density at radius 2 is 2.32 bits per heavy atom. The summed E-state index contributed by atoms with van der Waals surface area (Å²) in [6, 6.07) is 0. The topological polar surface area (TPSA) is 55.8 Å². The Balaban J connectivity index is 2.68. The number of allylic oxidation sites excluding steroid dienone is 3. The van der Waals surface area contributed by atoms with E-state index in [1.54, 1.807) is 6.92 Å². The van der Waals surface area contributed by atoms with E-state index < -0.39 is 6.10 Å². The van der Waals surface area contributed by atoms with Crippen LogP contribution < -0.4 is 0 Å². The number of esters is 1. The van der Waals surface area contributed by atoms with E-state index in [0.717, 1.165) is 24.6 Å². The van der Waals surface area contributed by atoms with E-state index in [2.05, 4.69) is 0 Å². The van der Waals surface area contributed by atoms with Gasteiger partial charge in [0.15, 0.2) is 0 Å². The number of carbonyl (C=O) groups is 1. The predicted octanol–water partition coefficient (Wildman–Crippen LogP) is 1.41. The second-order valence-electron chi connectivity index (χ2n) is 4.35. The molecular formula is C14H21BO4. The summed E-state index contributed by atoms with van der Waals surface area (Å²) in [5.74, 6) is -0.328. The van der Waals surface area contributed by atoms with E-state index in [1.165, 1.54) is 0 Å². The minimum absolute atomic E-state index is 0.328. The molecule has 0 saturated carbocycles. The first-order valence-corrected chi connectivity index (χ1v) is 6.69. The number of hydrogen-bond acceptors (Lipinski definition) is 4. The van der Waals surface area contributed by atoms with Crippen molar-refractivity contribution < 1.29 is 19.3 Å². The molecule has 1 rings (SSSR count). The summed E-state index contributed by atoms with van der Waals surface area (Å²) >= 11 is 0. The molecule has 0 bridgehead atoms. The molecular weight excluding hydrogens is 243 g/mol. The second kappa shape index (κ2) is 8.70. The Labute approximate surface area is 115 Å². The van der Waals surface area contributed by atoms with E-state index in [9.17, 15) is 4.79 Å². The van der Waals surface area contributed by atoms with Gasteiger partial charge in [0, 0.05) is 0 Å². The summed E-state index contributed by atoms with van der Waals surface area (Å²) in [6.45, 7) is 4.65. The number of ether oxygens (including phenoxy) is 2. The van der Waals surface area contributed by atoms with Crippen LogP contribution in [0.15, 0.2) is 23.8 Å². The molecule has 0 aliphatic heterocycles. The van der Waals surface area contributed by atoms with Crippen LogP contribution in [-0.4, -0.2) is 42.9 Å². The van der Waals surface area contributed by atoms with Crippen molar-refractivity contribution in [1.29, 1.82) is 0 Å². The standard InChI is InChI=1S/C14H21BO4/c1-3-8-19-13(14(16)18-4-2)10-11-6-5-7-12(9-11)15-17/h5-6,9,13,17H,3-4,7-8,10H2,1-2H3. The predicted molar refractivity (Wildman–Crippen MR) is 76.1 cm³/mol. The van der Waals surface area contributed by atoms with Crippen LogP contribution in [-0.2, 0) is 14.3 Å². The third kappa shape index (κ3) is 5.43. The van der Waals surface area contributed by atoms with Gasteiger partial charge in [0.25, 0.3) is 0 Å². The minimum atomic E-state index is -0.575. The van der Waals surface area contributed by atoms with Crippen molar-refractivity contribution in [3.05, 3.63) is 23.8 Å². The fourth-order valence-electron chi connectivity index (χ4n) is 1.83. The van der Waals surface area contributed by atoms with E-state index in [4.69, 9.17) is 14.5 Å². The molecule has 1 N–H and O–H groups in total. The molecule has 0 aromatic rings. The summed E-state index contributed by atoms with van der Waals surface area (Å²) in [6.07, 6.45) is 7.24. The van der Waals surface area contributed by atoms with Gasteiger partial charge in [-0.05, 0) is 0 Å². The van der Waals surface area contributed by atoms with Gasteiger partial charge in [0.2, 0.25) is 0 Å². The van der Waals surface area contributed by atoms with Gasteiger partial charge in [-0.3, -0.25) is 0 Å². The fraction of sp³-hybridized carbons (Fsp3) is 0.571. The Bertz CT molecular complexity index is 385. The molecule has 0 aromatic heterocycles. The van der Waals surface area contributed by atoms with Gasteiger partial charge in [0.1, 0.15) is 0 Å². The zero-order valence-electron chi connectivity index (χ0n) is 11.6. The van der Waals surface area contributed by atoms with Gasteiger partial charge in [-0.1, -0.05) is 0 Å². The molecule has 104 valence electrons. The van der Waals surface area contributed by atoms with Crippen molar-refractivity contribution in [1.82, 2.24) is 0 Å². The van der Waals surface area contributed by atoms with Crippen LogP contribution >= 0.6 is 0 Å². The molecule has 0 heterocycles. The molecule has 0 saturated heterocycles. The molecule has 1 unspecified atom stereocenters. The van der Waals surface area contributed by atoms with Crippen LogP contribution in [0.3, 0.4) is 0 Å². The second-order valence-corrected chi connectivity index (χ2v) is 4.35. The van der Waals surface area contributed by atoms with Crippen LogP contribution in [0.4, 0.5) is 0 Å². The first kappa shape index (κ1) is 15.7. The molecule has 0 radical (unpaired) electrons. The van der Waals surface area contributed by atoms with Crippen LogP contribution in [0.5, 0.6) is 0 Å². The molecule has 19 heavy (non-hydrogen) atoms. The number of carbonyl (C=O) groups excluding carboxylic acids is 1. The van der Waals surface area contributed by atoms with E-state index in [1.807, 2.05) is 25.2 Å². The van der Waals surface area contributed by atoms with Crippen molar-refractivity contribution in [2.75, 3.05) is 13.2 Å². The molecule has 4 nitrogen and oxygen atoms in total. The van der Waals surface area contributed by atoms with Crippen LogP contribution in [0.2, 0.25) is 0 Å². The van der Waals surface area contributed by atoms with Crippen LogP contribution in [0.25, 0.3) is 0 Å². The molecule has 5 heteroatoms. The number of hydrogen-bond donors (Lipinski definition) is 1. The van der Waals surface area contributed by atoms with Crippen LogP contribution in [0.1, 0.15) is 33.1 Å². The van der Waals surface area contributed by atoms with Gasteiger partial charge in [-0.15, -0.1) is 0 Å². The monoisotopic (exact) mass is 264 g/mol. The van der Waals surface area contributed by atoms with Crippen molar-refractivity contribution in [2.45, 2.75) is 39.2 Å². The molecule has 1 aliphatic carbocycles. The zero-order chi connectivity index (χ0) is 14.1. The van der Waals surface area contributed by atoms with Gasteiger partial charge < -0.3 is 0 Å². The van der Waals surface area contributed by atoms with Crippen molar-refractivity contribution >= 4 is 18.6 Å². The number of rotatable bonds is 7. The molecule has 1 aliphatic rings. The van der Waals surface area contributed by atoms with E-state index in [-0.39, 0.29) is 5.97 Å². The van der Waals surface area contributed by atoms with Gasteiger partial charge in [0.05, 0.1) is 0 Å². The van der Waals surface area contributed by atoms with Gasteiger partial charge >= 0.3 is 114 Å². The summed E-state index contributed by atoms with van der Waals surface area (Å²) < 4.78 is 10.6. The summed E-state index contributed by atoms with van der Waals surface area (Å²) in [5, 5.41) is 9.01. The quantitative estimate of drug-likeness (QED) is 0.558. The van der Waals surface area contributed by atoms with Gasteiger partial charge in [-0.25, -0.2) is 0 Å². The first-order chi connectivity index (χ1) is 9.21. The van der Waals surface area contributed by atoms with E-state index in [0.29, 0.717) is 26.1 Å². The first-order valence-electron chi connectivity index (χ1n) is 6.69.